The maximum absolute atomic E-state index is 3.59. The van der Waals surface area contributed by atoms with Crippen molar-refractivity contribution in [2.75, 3.05) is 44.6 Å². The predicted molar refractivity (Wildman–Crippen MR) is 80.8 cm³/mol. The number of rotatable bonds is 4. The van der Waals surface area contributed by atoms with E-state index in [-0.39, 0.29) is 0 Å². The van der Waals surface area contributed by atoms with Gasteiger partial charge in [0.05, 0.1) is 5.69 Å². The van der Waals surface area contributed by atoms with Gasteiger partial charge in [-0.15, -0.1) is 0 Å². The van der Waals surface area contributed by atoms with Crippen LogP contribution in [0.1, 0.15) is 5.69 Å². The van der Waals surface area contributed by atoms with Crippen LogP contribution >= 0.6 is 0 Å². The number of nitrogens with zero attached hydrogens (tertiary/aromatic N) is 1. The smallest absolute Gasteiger partial charge is 0.0628 e. The molecule has 0 radical (unpaired) electrons. The van der Waals surface area contributed by atoms with E-state index in [1.54, 1.807) is 0 Å². The molecule has 0 bridgehead atoms. The van der Waals surface area contributed by atoms with Crippen LogP contribution in [0, 0.1) is 6.92 Å². The highest BCUT2D eigenvalue weighted by Crippen LogP contribution is 2.26. The van der Waals surface area contributed by atoms with Crippen LogP contribution in [-0.4, -0.2) is 49.2 Å². The Balaban J connectivity index is 1.63. The lowest BCUT2D eigenvalue weighted by Crippen LogP contribution is -2.45. The van der Waals surface area contributed by atoms with Crippen LogP contribution in [0.5, 0.6) is 0 Å². The van der Waals surface area contributed by atoms with Crippen molar-refractivity contribution in [1.29, 1.82) is 0 Å². The molecule has 1 fully saturated rings. The van der Waals surface area contributed by atoms with Gasteiger partial charge in [-0.3, -0.25) is 4.90 Å². The van der Waals surface area contributed by atoms with Crippen molar-refractivity contribution in [2.24, 2.45) is 0 Å². The monoisotopic (exact) mass is 258 g/mol. The Kier molecular flexibility index (Phi) is 3.71. The number of H-pyrrole nitrogens is 1. The summed E-state index contributed by atoms with van der Waals surface area (Å²) in [4.78, 5) is 5.94. The van der Waals surface area contributed by atoms with Crippen LogP contribution < -0.4 is 10.6 Å². The summed E-state index contributed by atoms with van der Waals surface area (Å²) in [6.45, 7) is 8.80. The summed E-state index contributed by atoms with van der Waals surface area (Å²) in [6, 6.07) is 8.47. The molecule has 0 amide bonds. The summed E-state index contributed by atoms with van der Waals surface area (Å²) in [7, 11) is 0. The number of hydrogen-bond donors (Lipinski definition) is 3. The molecule has 2 heterocycles. The first-order valence-corrected chi connectivity index (χ1v) is 7.09. The Morgan fingerprint density at radius 2 is 2.00 bits per heavy atom. The van der Waals surface area contributed by atoms with Crippen molar-refractivity contribution in [3.63, 3.8) is 0 Å². The van der Waals surface area contributed by atoms with E-state index in [2.05, 4.69) is 51.7 Å². The lowest BCUT2D eigenvalue weighted by atomic mass is 10.2. The quantitative estimate of drug-likeness (QED) is 0.783. The third-order valence-electron chi connectivity index (χ3n) is 3.83. The normalized spacial score (nSPS) is 16.9. The number of anilines is 1. The fourth-order valence-corrected chi connectivity index (χ4v) is 2.78. The van der Waals surface area contributed by atoms with E-state index in [0.29, 0.717) is 0 Å². The Morgan fingerprint density at radius 3 is 2.84 bits per heavy atom. The first kappa shape index (κ1) is 12.5. The van der Waals surface area contributed by atoms with Gasteiger partial charge in [0.2, 0.25) is 0 Å². The molecule has 19 heavy (non-hydrogen) atoms. The molecule has 0 spiro atoms. The van der Waals surface area contributed by atoms with Gasteiger partial charge in [0.1, 0.15) is 0 Å². The van der Waals surface area contributed by atoms with Crippen molar-refractivity contribution in [2.45, 2.75) is 6.92 Å². The van der Waals surface area contributed by atoms with E-state index in [1.165, 1.54) is 22.3 Å². The Morgan fingerprint density at radius 1 is 1.21 bits per heavy atom. The molecule has 3 N–H and O–H groups in total. The summed E-state index contributed by atoms with van der Waals surface area (Å²) in [5.74, 6) is 0. The molecule has 0 atom stereocenters. The van der Waals surface area contributed by atoms with Crippen molar-refractivity contribution < 1.29 is 0 Å². The first-order valence-electron chi connectivity index (χ1n) is 7.09. The second kappa shape index (κ2) is 5.63. The molecular formula is C15H22N4. The molecule has 1 aromatic carbocycles. The van der Waals surface area contributed by atoms with E-state index in [1.807, 2.05) is 0 Å². The third kappa shape index (κ3) is 2.74. The molecule has 0 aliphatic carbocycles. The van der Waals surface area contributed by atoms with Crippen molar-refractivity contribution in [3.05, 3.63) is 30.0 Å². The van der Waals surface area contributed by atoms with E-state index in [9.17, 15) is 0 Å². The number of fused-ring (bicyclic) bond motifs is 1. The molecule has 2 aromatic rings. The Bertz CT molecular complexity index is 540. The van der Waals surface area contributed by atoms with Gasteiger partial charge in [-0.2, -0.15) is 0 Å². The van der Waals surface area contributed by atoms with Crippen LogP contribution in [0.2, 0.25) is 0 Å². The number of benzene rings is 1. The summed E-state index contributed by atoms with van der Waals surface area (Å²) < 4.78 is 0. The number of aryl methyl sites for hydroxylation is 1. The third-order valence-corrected chi connectivity index (χ3v) is 3.83. The highest BCUT2D eigenvalue weighted by Gasteiger charge is 2.10. The summed E-state index contributed by atoms with van der Waals surface area (Å²) in [6.07, 6.45) is 0. The molecule has 1 aliphatic rings. The zero-order valence-electron chi connectivity index (χ0n) is 11.5. The van der Waals surface area contributed by atoms with E-state index in [0.717, 1.165) is 39.3 Å². The zero-order chi connectivity index (χ0) is 13.1. The van der Waals surface area contributed by atoms with Crippen LogP contribution in [0.15, 0.2) is 24.3 Å². The van der Waals surface area contributed by atoms with Gasteiger partial charge in [-0.25, -0.2) is 0 Å². The summed E-state index contributed by atoms with van der Waals surface area (Å²) in [5, 5.41) is 8.27. The highest BCUT2D eigenvalue weighted by molar-refractivity contribution is 5.94. The average Bonchev–Trinajstić information content (AvgIpc) is 2.76. The first-order chi connectivity index (χ1) is 9.34. The number of aromatic nitrogens is 1. The minimum atomic E-state index is 1.00. The van der Waals surface area contributed by atoms with Crippen LogP contribution in [0.25, 0.3) is 10.9 Å². The van der Waals surface area contributed by atoms with Gasteiger partial charge in [0.15, 0.2) is 0 Å². The minimum absolute atomic E-state index is 1.00. The zero-order valence-corrected chi connectivity index (χ0v) is 11.5. The molecule has 1 saturated heterocycles. The van der Waals surface area contributed by atoms with Gasteiger partial charge in [0.25, 0.3) is 0 Å². The molecule has 1 aromatic heterocycles. The predicted octanol–water partition coefficient (Wildman–Crippen LogP) is 1.79. The maximum atomic E-state index is 3.59. The molecular weight excluding hydrogens is 236 g/mol. The van der Waals surface area contributed by atoms with Crippen molar-refractivity contribution >= 4 is 16.6 Å². The van der Waals surface area contributed by atoms with Gasteiger partial charge >= 0.3 is 0 Å². The van der Waals surface area contributed by atoms with Gasteiger partial charge < -0.3 is 15.6 Å². The number of hydrogen-bond acceptors (Lipinski definition) is 3. The number of piperazine rings is 1. The lowest BCUT2D eigenvalue weighted by molar-refractivity contribution is 0.249. The molecule has 1 aliphatic heterocycles. The van der Waals surface area contributed by atoms with E-state index in [4.69, 9.17) is 0 Å². The fraction of sp³-hybridized carbons (Fsp3) is 0.467. The average molecular weight is 258 g/mol. The highest BCUT2D eigenvalue weighted by atomic mass is 15.2. The SMILES string of the molecule is Cc1[nH]c2ccccc2c1NCCN1CCNCC1. The number of aromatic amines is 1. The second-order valence-electron chi connectivity index (χ2n) is 5.19. The van der Waals surface area contributed by atoms with E-state index < -0.39 is 0 Å². The molecule has 3 rings (SSSR count). The van der Waals surface area contributed by atoms with Crippen molar-refractivity contribution in [3.8, 4) is 0 Å². The maximum Gasteiger partial charge on any atom is 0.0628 e. The van der Waals surface area contributed by atoms with Crippen LogP contribution in [-0.2, 0) is 0 Å². The second-order valence-corrected chi connectivity index (χ2v) is 5.19. The minimum Gasteiger partial charge on any atom is -0.382 e. The molecule has 4 nitrogen and oxygen atoms in total. The number of para-hydroxylation sites is 1. The van der Waals surface area contributed by atoms with Gasteiger partial charge in [-0.05, 0) is 13.0 Å². The molecule has 4 heteroatoms. The number of nitrogens with one attached hydrogen (secondary N) is 3. The molecule has 0 unspecified atom stereocenters. The van der Waals surface area contributed by atoms with Crippen LogP contribution in [0.4, 0.5) is 5.69 Å². The van der Waals surface area contributed by atoms with Crippen LogP contribution in [0.3, 0.4) is 0 Å². The van der Waals surface area contributed by atoms with Gasteiger partial charge in [-0.1, -0.05) is 18.2 Å². The Hall–Kier alpha value is -1.52. The molecule has 0 saturated carbocycles. The lowest BCUT2D eigenvalue weighted by Gasteiger charge is -2.27. The largest absolute Gasteiger partial charge is 0.382 e. The van der Waals surface area contributed by atoms with Crippen molar-refractivity contribution in [1.82, 2.24) is 15.2 Å². The topological polar surface area (TPSA) is 43.1 Å². The Labute approximate surface area is 114 Å². The van der Waals surface area contributed by atoms with Gasteiger partial charge in [0, 0.05) is 55.9 Å². The molecule has 102 valence electrons. The summed E-state index contributed by atoms with van der Waals surface area (Å²) in [5.41, 5.74) is 3.69. The standard InChI is InChI=1S/C15H22N4/c1-12-15(13-4-2-3-5-14(13)18-12)17-8-11-19-9-6-16-7-10-19/h2-5,16-18H,6-11H2,1H3. The fourth-order valence-electron chi connectivity index (χ4n) is 2.78. The van der Waals surface area contributed by atoms with E-state index >= 15 is 0 Å². The summed E-state index contributed by atoms with van der Waals surface area (Å²) >= 11 is 0.